The number of imide groups is 1. The van der Waals surface area contributed by atoms with Crippen molar-refractivity contribution in [2.75, 3.05) is 11.9 Å². The third-order valence-electron chi connectivity index (χ3n) is 5.30. The van der Waals surface area contributed by atoms with Crippen LogP contribution in [0.25, 0.3) is 11.8 Å². The summed E-state index contributed by atoms with van der Waals surface area (Å²) in [5.41, 5.74) is 2.90. The highest BCUT2D eigenvalue weighted by molar-refractivity contribution is 8.18. The highest BCUT2D eigenvalue weighted by atomic mass is 35.5. The number of aromatic nitrogens is 1. The van der Waals surface area contributed by atoms with E-state index in [2.05, 4.69) is 5.32 Å². The van der Waals surface area contributed by atoms with Gasteiger partial charge in [0.05, 0.1) is 20.6 Å². The minimum atomic E-state index is -0.968. The molecule has 3 amide bonds. The van der Waals surface area contributed by atoms with Gasteiger partial charge in [-0.2, -0.15) is 0 Å². The lowest BCUT2D eigenvalue weighted by molar-refractivity contribution is -0.127. The Morgan fingerprint density at radius 2 is 1.80 bits per heavy atom. The quantitative estimate of drug-likeness (QED) is 0.386. The van der Waals surface area contributed by atoms with Gasteiger partial charge >= 0.3 is 0 Å². The van der Waals surface area contributed by atoms with Gasteiger partial charge in [0.25, 0.3) is 11.1 Å². The van der Waals surface area contributed by atoms with Crippen LogP contribution in [0.2, 0.25) is 10.0 Å². The van der Waals surface area contributed by atoms with Gasteiger partial charge in [-0.1, -0.05) is 23.2 Å². The van der Waals surface area contributed by atoms with Gasteiger partial charge in [-0.3, -0.25) is 19.3 Å². The van der Waals surface area contributed by atoms with Crippen molar-refractivity contribution < 1.29 is 23.2 Å². The molecule has 1 N–H and O–H groups in total. The average molecular weight is 536 g/mol. The zero-order chi connectivity index (χ0) is 25.4. The van der Waals surface area contributed by atoms with Gasteiger partial charge in [0, 0.05) is 23.1 Å². The molecule has 180 valence electrons. The van der Waals surface area contributed by atoms with Crippen LogP contribution in [0.5, 0.6) is 0 Å². The predicted molar refractivity (Wildman–Crippen MR) is 133 cm³/mol. The van der Waals surface area contributed by atoms with E-state index in [1.165, 1.54) is 0 Å². The Balaban J connectivity index is 1.54. The maximum absolute atomic E-state index is 13.8. The Kier molecular flexibility index (Phi) is 7.02. The van der Waals surface area contributed by atoms with Gasteiger partial charge in [0.2, 0.25) is 5.91 Å². The maximum atomic E-state index is 13.8. The third kappa shape index (κ3) is 5.12. The van der Waals surface area contributed by atoms with Gasteiger partial charge in [0.1, 0.15) is 18.2 Å². The summed E-state index contributed by atoms with van der Waals surface area (Å²) < 4.78 is 28.8. The summed E-state index contributed by atoms with van der Waals surface area (Å²) in [4.78, 5) is 38.5. The van der Waals surface area contributed by atoms with Crippen LogP contribution in [-0.2, 0) is 9.59 Å². The monoisotopic (exact) mass is 535 g/mol. The minimum absolute atomic E-state index is 0.144. The topological polar surface area (TPSA) is 71.4 Å². The number of carbonyl (C=O) groups excluding carboxylic acids is 3. The molecule has 0 aliphatic carbocycles. The fourth-order valence-electron chi connectivity index (χ4n) is 3.66. The fraction of sp³-hybridized carbons (Fsp3) is 0.125. The molecule has 1 aromatic heterocycles. The second kappa shape index (κ2) is 9.85. The molecule has 3 aromatic rings. The summed E-state index contributed by atoms with van der Waals surface area (Å²) >= 11 is 12.9. The van der Waals surface area contributed by atoms with Gasteiger partial charge in [-0.05, 0) is 73.6 Å². The number of nitrogens with zero attached hydrogens (tertiary/aromatic N) is 2. The summed E-state index contributed by atoms with van der Waals surface area (Å²) in [7, 11) is 0. The van der Waals surface area contributed by atoms with E-state index in [0.29, 0.717) is 33.4 Å². The number of hydrogen-bond acceptors (Lipinski definition) is 4. The number of aryl methyl sites for hydroxylation is 1. The molecule has 1 fully saturated rings. The summed E-state index contributed by atoms with van der Waals surface area (Å²) in [5, 5.41) is 2.44. The number of hydrogen-bond donors (Lipinski definition) is 1. The second-order valence-electron chi connectivity index (χ2n) is 7.70. The summed E-state index contributed by atoms with van der Waals surface area (Å²) in [6.07, 6.45) is 1.58. The third-order valence-corrected chi connectivity index (χ3v) is 6.95. The molecule has 1 aliphatic heterocycles. The molecule has 6 nitrogen and oxygen atoms in total. The Bertz CT molecular complexity index is 1420. The zero-order valence-corrected chi connectivity index (χ0v) is 20.7. The number of nitrogens with one attached hydrogen (secondary N) is 1. The SMILES string of the molecule is Cc1cc(/C=C2\SC(=O)N(CC(=O)Nc3ccc(F)cc3F)C2=O)c(C)n1-c1ccc(Cl)c(Cl)c1. The van der Waals surface area contributed by atoms with Crippen molar-refractivity contribution in [1.29, 1.82) is 0 Å². The first-order valence-corrected chi connectivity index (χ1v) is 11.8. The lowest BCUT2D eigenvalue weighted by atomic mass is 10.2. The van der Waals surface area contributed by atoms with E-state index < -0.39 is 35.2 Å². The van der Waals surface area contributed by atoms with Crippen molar-refractivity contribution in [3.05, 3.63) is 86.0 Å². The van der Waals surface area contributed by atoms with Crippen LogP contribution in [0.1, 0.15) is 17.0 Å². The van der Waals surface area contributed by atoms with Gasteiger partial charge in [-0.15, -0.1) is 0 Å². The molecule has 2 aromatic carbocycles. The second-order valence-corrected chi connectivity index (χ2v) is 9.51. The maximum Gasteiger partial charge on any atom is 0.294 e. The molecule has 1 saturated heterocycles. The lowest BCUT2D eigenvalue weighted by Crippen LogP contribution is -2.36. The zero-order valence-electron chi connectivity index (χ0n) is 18.4. The van der Waals surface area contributed by atoms with Crippen LogP contribution in [0.15, 0.2) is 47.4 Å². The molecule has 0 saturated carbocycles. The van der Waals surface area contributed by atoms with Gasteiger partial charge in [-0.25, -0.2) is 8.78 Å². The molecule has 35 heavy (non-hydrogen) atoms. The fourth-order valence-corrected chi connectivity index (χ4v) is 4.78. The Morgan fingerprint density at radius 1 is 1.06 bits per heavy atom. The van der Waals surface area contributed by atoms with Crippen molar-refractivity contribution in [2.45, 2.75) is 13.8 Å². The van der Waals surface area contributed by atoms with E-state index >= 15 is 0 Å². The first-order valence-electron chi connectivity index (χ1n) is 10.2. The van der Waals surface area contributed by atoms with Gasteiger partial charge < -0.3 is 9.88 Å². The van der Waals surface area contributed by atoms with Crippen LogP contribution in [-0.4, -0.2) is 33.1 Å². The van der Waals surface area contributed by atoms with Crippen LogP contribution < -0.4 is 5.32 Å². The van der Waals surface area contributed by atoms with Gasteiger partial charge in [0.15, 0.2) is 0 Å². The smallest absolute Gasteiger partial charge is 0.294 e. The van der Waals surface area contributed by atoms with E-state index in [9.17, 15) is 23.2 Å². The summed E-state index contributed by atoms with van der Waals surface area (Å²) in [5.74, 6) is -3.20. The number of anilines is 1. The van der Waals surface area contributed by atoms with Crippen LogP contribution in [0, 0.1) is 25.5 Å². The average Bonchev–Trinajstić information content (AvgIpc) is 3.21. The van der Waals surface area contributed by atoms with E-state index in [1.54, 1.807) is 18.2 Å². The number of benzene rings is 2. The number of carbonyl (C=O) groups is 3. The summed E-state index contributed by atoms with van der Waals surface area (Å²) in [6, 6.07) is 9.74. The molecule has 1 aliphatic rings. The molecule has 0 bridgehead atoms. The molecule has 0 spiro atoms. The number of halogens is 4. The highest BCUT2D eigenvalue weighted by Gasteiger charge is 2.36. The normalized spacial score (nSPS) is 14.8. The molecule has 0 radical (unpaired) electrons. The standard InChI is InChI=1S/C24H17Cl2F2N3O3S/c1-12-7-14(13(2)31(12)16-4-5-17(25)18(26)10-16)8-21-23(33)30(24(34)35-21)11-22(32)29-20-6-3-15(27)9-19(20)28/h3-10H,11H2,1-2H3,(H,29,32)/b21-8-. The van der Waals surface area contributed by atoms with E-state index in [-0.39, 0.29) is 10.6 Å². The van der Waals surface area contributed by atoms with E-state index in [1.807, 2.05) is 30.5 Å². The van der Waals surface area contributed by atoms with Crippen LogP contribution >= 0.6 is 35.0 Å². The first-order chi connectivity index (χ1) is 16.5. The van der Waals surface area contributed by atoms with E-state index in [4.69, 9.17) is 23.2 Å². The molecule has 2 heterocycles. The number of amides is 3. The molecule has 0 atom stereocenters. The Labute approximate surface area is 213 Å². The van der Waals surface area contributed by atoms with Crippen molar-refractivity contribution in [1.82, 2.24) is 9.47 Å². The molecule has 0 unspecified atom stereocenters. The molecule has 11 heteroatoms. The molecular weight excluding hydrogens is 519 g/mol. The van der Waals surface area contributed by atoms with E-state index in [0.717, 1.165) is 34.1 Å². The minimum Gasteiger partial charge on any atom is -0.322 e. The van der Waals surface area contributed by atoms with Crippen LogP contribution in [0.4, 0.5) is 19.3 Å². The molecular formula is C24H17Cl2F2N3O3S. The number of thioether (sulfide) groups is 1. The van der Waals surface area contributed by atoms with Crippen molar-refractivity contribution in [3.63, 3.8) is 0 Å². The summed E-state index contributed by atoms with van der Waals surface area (Å²) in [6.45, 7) is 3.13. The number of rotatable bonds is 5. The predicted octanol–water partition coefficient (Wildman–Crippen LogP) is 6.35. The first kappa shape index (κ1) is 25.0. The lowest BCUT2D eigenvalue weighted by Gasteiger charge is -2.13. The largest absolute Gasteiger partial charge is 0.322 e. The molecule has 4 rings (SSSR count). The Hall–Kier alpha value is -3.14. The van der Waals surface area contributed by atoms with Crippen molar-refractivity contribution >= 4 is 63.8 Å². The highest BCUT2D eigenvalue weighted by Crippen LogP contribution is 2.34. The van der Waals surface area contributed by atoms with Crippen molar-refractivity contribution in [3.8, 4) is 5.69 Å². The Morgan fingerprint density at radius 3 is 2.49 bits per heavy atom. The van der Waals surface area contributed by atoms with Crippen molar-refractivity contribution in [2.24, 2.45) is 0 Å². The van der Waals surface area contributed by atoms with Crippen LogP contribution in [0.3, 0.4) is 0 Å².